The first-order chi connectivity index (χ1) is 6.59. The van der Waals surface area contributed by atoms with E-state index in [4.69, 9.17) is 10.8 Å². The van der Waals surface area contributed by atoms with Crippen molar-refractivity contribution in [3.05, 3.63) is 41.5 Å². The molecule has 0 unspecified atom stereocenters. The molecule has 0 aliphatic rings. The predicted octanol–water partition coefficient (Wildman–Crippen LogP) is 1.84. The minimum absolute atomic E-state index is 0.363. The minimum atomic E-state index is -0.875. The fourth-order valence-corrected chi connectivity index (χ4v) is 1.01. The van der Waals surface area contributed by atoms with Crippen LogP contribution in [0.4, 0.5) is 5.69 Å². The highest BCUT2D eigenvalue weighted by Crippen LogP contribution is 2.07. The van der Waals surface area contributed by atoms with Gasteiger partial charge >= 0.3 is 5.97 Å². The van der Waals surface area contributed by atoms with Gasteiger partial charge in [0.25, 0.3) is 0 Å². The third-order valence-electron chi connectivity index (χ3n) is 1.96. The van der Waals surface area contributed by atoms with Crippen LogP contribution in [0.5, 0.6) is 0 Å². The van der Waals surface area contributed by atoms with Gasteiger partial charge in [-0.2, -0.15) is 0 Å². The summed E-state index contributed by atoms with van der Waals surface area (Å²) < 4.78 is 0. The summed E-state index contributed by atoms with van der Waals surface area (Å²) in [5.41, 5.74) is 7.65. The monoisotopic (exact) mass is 191 g/mol. The molecule has 0 aliphatic carbocycles. The van der Waals surface area contributed by atoms with E-state index < -0.39 is 5.97 Å². The normalized spacial score (nSPS) is 11.4. The van der Waals surface area contributed by atoms with Gasteiger partial charge in [-0.3, -0.25) is 0 Å². The van der Waals surface area contributed by atoms with Crippen LogP contribution in [0.2, 0.25) is 0 Å². The first-order valence-corrected chi connectivity index (χ1v) is 4.34. The highest BCUT2D eigenvalue weighted by atomic mass is 16.4. The summed E-state index contributed by atoms with van der Waals surface area (Å²) in [6.45, 7) is 1.58. The fourth-order valence-electron chi connectivity index (χ4n) is 1.01. The molecule has 3 nitrogen and oxygen atoms in total. The standard InChI is InChI=1S/C11H13NO2/c1-8(11(13)14)2-3-9-4-6-10(12)7-5-9/h2,4-7H,3,12H2,1H3,(H,13,14)/b8-2+. The smallest absolute Gasteiger partial charge is 0.330 e. The lowest BCUT2D eigenvalue weighted by molar-refractivity contribution is -0.132. The van der Waals surface area contributed by atoms with Gasteiger partial charge in [0, 0.05) is 11.3 Å². The van der Waals surface area contributed by atoms with E-state index in [-0.39, 0.29) is 0 Å². The van der Waals surface area contributed by atoms with Gasteiger partial charge in [-0.05, 0) is 31.0 Å². The summed E-state index contributed by atoms with van der Waals surface area (Å²) in [5.74, 6) is -0.875. The van der Waals surface area contributed by atoms with Gasteiger partial charge in [0.15, 0.2) is 0 Å². The fraction of sp³-hybridized carbons (Fsp3) is 0.182. The number of carboxylic acid groups (broad SMARTS) is 1. The van der Waals surface area contributed by atoms with Crippen LogP contribution < -0.4 is 5.73 Å². The number of rotatable bonds is 3. The molecule has 0 aliphatic heterocycles. The average Bonchev–Trinajstić information content (AvgIpc) is 2.16. The van der Waals surface area contributed by atoms with Gasteiger partial charge in [0.1, 0.15) is 0 Å². The van der Waals surface area contributed by atoms with E-state index >= 15 is 0 Å². The van der Waals surface area contributed by atoms with Crippen molar-refractivity contribution in [2.24, 2.45) is 0 Å². The zero-order valence-electron chi connectivity index (χ0n) is 8.03. The Labute approximate surface area is 82.9 Å². The number of carboxylic acids is 1. The van der Waals surface area contributed by atoms with Gasteiger partial charge in [0.05, 0.1) is 0 Å². The lowest BCUT2D eigenvalue weighted by Crippen LogP contribution is -1.96. The molecule has 74 valence electrons. The summed E-state index contributed by atoms with van der Waals surface area (Å²) in [5, 5.41) is 8.62. The first kappa shape index (κ1) is 10.3. The zero-order valence-corrected chi connectivity index (χ0v) is 8.03. The Balaban J connectivity index is 2.66. The van der Waals surface area contributed by atoms with Crippen molar-refractivity contribution >= 4 is 11.7 Å². The Morgan fingerprint density at radius 2 is 2.00 bits per heavy atom. The largest absolute Gasteiger partial charge is 0.478 e. The Kier molecular flexibility index (Phi) is 3.29. The van der Waals surface area contributed by atoms with Crippen LogP contribution in [-0.2, 0) is 11.2 Å². The maximum absolute atomic E-state index is 10.5. The van der Waals surface area contributed by atoms with E-state index in [1.165, 1.54) is 0 Å². The van der Waals surface area contributed by atoms with Crippen molar-refractivity contribution in [1.29, 1.82) is 0 Å². The number of aliphatic carboxylic acids is 1. The van der Waals surface area contributed by atoms with Gasteiger partial charge in [0.2, 0.25) is 0 Å². The summed E-state index contributed by atoms with van der Waals surface area (Å²) in [4.78, 5) is 10.5. The molecule has 0 atom stereocenters. The molecule has 0 aromatic heterocycles. The summed E-state index contributed by atoms with van der Waals surface area (Å²) in [6.07, 6.45) is 2.31. The number of nitrogen functional groups attached to an aromatic ring is 1. The highest BCUT2D eigenvalue weighted by molar-refractivity contribution is 5.85. The number of carbonyl (C=O) groups is 1. The first-order valence-electron chi connectivity index (χ1n) is 4.34. The maximum Gasteiger partial charge on any atom is 0.330 e. The van der Waals surface area contributed by atoms with Crippen molar-refractivity contribution < 1.29 is 9.90 Å². The van der Waals surface area contributed by atoms with Crippen molar-refractivity contribution in [3.8, 4) is 0 Å². The van der Waals surface area contributed by atoms with Crippen LogP contribution in [0.1, 0.15) is 12.5 Å². The van der Waals surface area contributed by atoms with E-state index in [1.54, 1.807) is 25.1 Å². The molecule has 0 fully saturated rings. The molecule has 1 aromatic rings. The quantitative estimate of drug-likeness (QED) is 0.566. The van der Waals surface area contributed by atoms with Gasteiger partial charge < -0.3 is 10.8 Å². The number of nitrogens with two attached hydrogens (primary N) is 1. The van der Waals surface area contributed by atoms with Crippen LogP contribution in [0, 0.1) is 0 Å². The van der Waals surface area contributed by atoms with E-state index in [9.17, 15) is 4.79 Å². The van der Waals surface area contributed by atoms with E-state index in [0.29, 0.717) is 17.7 Å². The van der Waals surface area contributed by atoms with Crippen molar-refractivity contribution in [2.75, 3.05) is 5.73 Å². The van der Waals surface area contributed by atoms with Gasteiger partial charge in [-0.1, -0.05) is 18.2 Å². The molecule has 1 rings (SSSR count). The van der Waals surface area contributed by atoms with Crippen LogP contribution >= 0.6 is 0 Å². The van der Waals surface area contributed by atoms with E-state index in [2.05, 4.69) is 0 Å². The minimum Gasteiger partial charge on any atom is -0.478 e. The van der Waals surface area contributed by atoms with Crippen molar-refractivity contribution in [3.63, 3.8) is 0 Å². The van der Waals surface area contributed by atoms with Crippen LogP contribution in [0.25, 0.3) is 0 Å². The summed E-state index contributed by atoms with van der Waals surface area (Å²) >= 11 is 0. The molecule has 14 heavy (non-hydrogen) atoms. The molecular weight excluding hydrogens is 178 g/mol. The highest BCUT2D eigenvalue weighted by Gasteiger charge is 1.98. The Hall–Kier alpha value is -1.77. The summed E-state index contributed by atoms with van der Waals surface area (Å²) in [6, 6.07) is 7.39. The molecule has 0 bridgehead atoms. The Morgan fingerprint density at radius 1 is 1.43 bits per heavy atom. The average molecular weight is 191 g/mol. The summed E-state index contributed by atoms with van der Waals surface area (Å²) in [7, 11) is 0. The number of benzene rings is 1. The molecule has 0 spiro atoms. The van der Waals surface area contributed by atoms with Crippen molar-refractivity contribution in [1.82, 2.24) is 0 Å². The Morgan fingerprint density at radius 3 is 2.50 bits per heavy atom. The molecule has 3 N–H and O–H groups in total. The SMILES string of the molecule is C/C(=C\Cc1ccc(N)cc1)C(=O)O. The molecule has 0 heterocycles. The molecule has 1 aromatic carbocycles. The Bertz CT molecular complexity index is 352. The third kappa shape index (κ3) is 2.94. The van der Waals surface area contributed by atoms with Crippen LogP contribution in [0.3, 0.4) is 0 Å². The lowest BCUT2D eigenvalue weighted by Gasteiger charge is -1.98. The topological polar surface area (TPSA) is 63.3 Å². The van der Waals surface area contributed by atoms with Gasteiger partial charge in [-0.15, -0.1) is 0 Å². The number of hydrogen-bond donors (Lipinski definition) is 2. The maximum atomic E-state index is 10.5. The number of anilines is 1. The molecule has 0 saturated carbocycles. The van der Waals surface area contributed by atoms with Gasteiger partial charge in [-0.25, -0.2) is 4.79 Å². The number of allylic oxidation sites excluding steroid dienone is 1. The second-order valence-corrected chi connectivity index (χ2v) is 3.14. The molecule has 0 radical (unpaired) electrons. The number of hydrogen-bond acceptors (Lipinski definition) is 2. The molecule has 0 amide bonds. The second-order valence-electron chi connectivity index (χ2n) is 3.14. The lowest BCUT2D eigenvalue weighted by atomic mass is 10.1. The zero-order chi connectivity index (χ0) is 10.6. The molecule has 3 heteroatoms. The predicted molar refractivity (Wildman–Crippen MR) is 56.0 cm³/mol. The van der Waals surface area contributed by atoms with Crippen LogP contribution in [0.15, 0.2) is 35.9 Å². The molecular formula is C11H13NO2. The van der Waals surface area contributed by atoms with E-state index in [1.807, 2.05) is 12.1 Å². The molecule has 0 saturated heterocycles. The van der Waals surface area contributed by atoms with Crippen LogP contribution in [-0.4, -0.2) is 11.1 Å². The second kappa shape index (κ2) is 4.46. The van der Waals surface area contributed by atoms with Crippen molar-refractivity contribution in [2.45, 2.75) is 13.3 Å². The third-order valence-corrected chi connectivity index (χ3v) is 1.96. The van der Waals surface area contributed by atoms with E-state index in [0.717, 1.165) is 5.56 Å².